The van der Waals surface area contributed by atoms with Crippen LogP contribution < -0.4 is 24.8 Å². The SMILES string of the molecule is CCC=CC1CC1(NC(=O)C1CC(Oc2nc3ccc(OC)cc3nc2C2CC2)CN1C(=O)C(NC(=O)OC(C)(C)C)C(C)CCC)C(=O)NS(=O)(=O)C1(C)CC1. The predicted octanol–water partition coefficient (Wildman–Crippen LogP) is 5.03. The summed E-state index contributed by atoms with van der Waals surface area (Å²) >= 11 is 0. The van der Waals surface area contributed by atoms with E-state index in [-0.39, 0.29) is 31.2 Å². The fourth-order valence-corrected chi connectivity index (χ4v) is 8.76. The van der Waals surface area contributed by atoms with Crippen LogP contribution in [0.25, 0.3) is 11.0 Å². The van der Waals surface area contributed by atoms with Gasteiger partial charge >= 0.3 is 6.09 Å². The predicted molar refractivity (Wildman–Crippen MR) is 213 cm³/mol. The molecule has 57 heavy (non-hydrogen) atoms. The van der Waals surface area contributed by atoms with Gasteiger partial charge < -0.3 is 29.7 Å². The van der Waals surface area contributed by atoms with Gasteiger partial charge in [0.2, 0.25) is 27.7 Å². The number of benzene rings is 1. The van der Waals surface area contributed by atoms with Crippen molar-refractivity contribution in [1.82, 2.24) is 30.2 Å². The second kappa shape index (κ2) is 16.1. The molecule has 2 heterocycles. The molecule has 6 atom stereocenters. The molecule has 4 amide bonds. The topological polar surface area (TPSA) is 195 Å². The van der Waals surface area contributed by atoms with Crippen molar-refractivity contribution in [3.63, 3.8) is 0 Å². The smallest absolute Gasteiger partial charge is 0.408 e. The van der Waals surface area contributed by atoms with Crippen LogP contribution in [0.15, 0.2) is 30.4 Å². The zero-order valence-electron chi connectivity index (χ0n) is 34.3. The summed E-state index contributed by atoms with van der Waals surface area (Å²) in [5, 5.41) is 5.68. The van der Waals surface area contributed by atoms with Crippen molar-refractivity contribution >= 4 is 44.9 Å². The Bertz CT molecular complexity index is 2030. The van der Waals surface area contributed by atoms with Crippen LogP contribution in [0.1, 0.15) is 118 Å². The van der Waals surface area contributed by atoms with Crippen molar-refractivity contribution in [3.05, 3.63) is 36.0 Å². The van der Waals surface area contributed by atoms with Gasteiger partial charge in [0.25, 0.3) is 5.91 Å². The lowest BCUT2D eigenvalue weighted by Crippen LogP contribution is -2.59. The van der Waals surface area contributed by atoms with Gasteiger partial charge in [-0.25, -0.2) is 23.2 Å². The van der Waals surface area contributed by atoms with Gasteiger partial charge in [-0.1, -0.05) is 39.3 Å². The maximum atomic E-state index is 14.7. The minimum absolute atomic E-state index is 0.0280. The Hall–Kier alpha value is -4.47. The van der Waals surface area contributed by atoms with E-state index < -0.39 is 73.8 Å². The Morgan fingerprint density at radius 2 is 1.81 bits per heavy atom. The number of amides is 4. The van der Waals surface area contributed by atoms with Crippen molar-refractivity contribution in [2.75, 3.05) is 13.7 Å². The summed E-state index contributed by atoms with van der Waals surface area (Å²) < 4.78 is 45.1. The largest absolute Gasteiger partial charge is 0.497 e. The fraction of sp³-hybridized carbons (Fsp3) is 0.659. The monoisotopic (exact) mass is 810 g/mol. The number of rotatable bonds is 16. The second-order valence-electron chi connectivity index (χ2n) is 17.4. The van der Waals surface area contributed by atoms with Crippen molar-refractivity contribution in [1.29, 1.82) is 0 Å². The first-order chi connectivity index (χ1) is 26.8. The van der Waals surface area contributed by atoms with E-state index in [0.29, 0.717) is 54.0 Å². The highest BCUT2D eigenvalue weighted by molar-refractivity contribution is 7.91. The lowest BCUT2D eigenvalue weighted by molar-refractivity contribution is -0.142. The summed E-state index contributed by atoms with van der Waals surface area (Å²) in [4.78, 5) is 67.5. The average molecular weight is 811 g/mol. The molecule has 16 heteroatoms. The summed E-state index contributed by atoms with van der Waals surface area (Å²) in [6.07, 6.45) is 7.14. The van der Waals surface area contributed by atoms with Gasteiger partial charge in [-0.05, 0) is 90.7 Å². The minimum Gasteiger partial charge on any atom is -0.497 e. The fourth-order valence-electron chi connectivity index (χ4n) is 7.45. The van der Waals surface area contributed by atoms with E-state index in [4.69, 9.17) is 24.2 Å². The molecule has 1 aromatic carbocycles. The molecule has 6 rings (SSSR count). The number of allylic oxidation sites excluding steroid dienone is 1. The van der Waals surface area contributed by atoms with Gasteiger partial charge in [-0.15, -0.1) is 0 Å². The summed E-state index contributed by atoms with van der Waals surface area (Å²) in [7, 11) is -2.42. The lowest BCUT2D eigenvalue weighted by atomic mass is 9.95. The maximum Gasteiger partial charge on any atom is 0.408 e. The number of likely N-dealkylation sites (tertiary alicyclic amines) is 1. The molecule has 3 N–H and O–H groups in total. The molecule has 1 saturated heterocycles. The molecule has 4 fully saturated rings. The molecule has 0 spiro atoms. The summed E-state index contributed by atoms with van der Waals surface area (Å²) in [5.41, 5.74) is -0.427. The minimum atomic E-state index is -4.00. The van der Waals surface area contributed by atoms with E-state index in [1.807, 2.05) is 39.0 Å². The number of nitrogens with one attached hydrogen (secondary N) is 3. The quantitative estimate of drug-likeness (QED) is 0.193. The van der Waals surface area contributed by atoms with Crippen LogP contribution in [-0.4, -0.2) is 94.8 Å². The van der Waals surface area contributed by atoms with E-state index in [2.05, 4.69) is 15.4 Å². The number of carbonyl (C=O) groups excluding carboxylic acids is 4. The van der Waals surface area contributed by atoms with Crippen molar-refractivity contribution in [2.45, 2.75) is 146 Å². The molecule has 4 aliphatic rings. The summed E-state index contributed by atoms with van der Waals surface area (Å²) in [6.45, 7) is 12.5. The standard InChI is InChI=1S/C41H58N6O9S/c1-9-11-13-26-22-41(26,37(50)46-57(52,53)40(7)18-19-40)45-34(48)31-21-28(23-47(31)36(49)32(24(3)12-10-2)44-38(51)56-39(4,5)6)55-35-33(25-14-15-25)42-30-20-27(54-8)16-17-29(30)43-35/h11,13,16-17,20,24-26,28,31-32H,9-10,12,14-15,18-19,21-23H2,1-8H3,(H,44,51)(H,45,48)(H,46,50). The number of carbonyl (C=O) groups is 4. The third kappa shape index (κ3) is 9.31. The highest BCUT2D eigenvalue weighted by atomic mass is 32.2. The van der Waals surface area contributed by atoms with Crippen LogP contribution in [0.4, 0.5) is 4.79 Å². The molecule has 6 unspecified atom stereocenters. The number of methoxy groups -OCH3 is 1. The molecule has 15 nitrogen and oxygen atoms in total. The van der Waals surface area contributed by atoms with Gasteiger partial charge in [0.15, 0.2) is 0 Å². The van der Waals surface area contributed by atoms with Crippen molar-refractivity contribution < 1.29 is 41.8 Å². The third-order valence-corrected chi connectivity index (χ3v) is 13.6. The first-order valence-corrected chi connectivity index (χ1v) is 21.7. The van der Waals surface area contributed by atoms with Crippen molar-refractivity contribution in [2.24, 2.45) is 11.8 Å². The van der Waals surface area contributed by atoms with Crippen LogP contribution in [0, 0.1) is 11.8 Å². The number of nitrogens with zero attached hydrogens (tertiary/aromatic N) is 3. The summed E-state index contributed by atoms with van der Waals surface area (Å²) in [6, 6.07) is 3.20. The van der Waals surface area contributed by atoms with E-state index >= 15 is 0 Å². The van der Waals surface area contributed by atoms with Crippen LogP contribution >= 0.6 is 0 Å². The Kier molecular flexibility index (Phi) is 11.9. The lowest BCUT2D eigenvalue weighted by Gasteiger charge is -2.32. The Balaban J connectivity index is 1.32. The maximum absolute atomic E-state index is 14.7. The number of alkyl carbamates (subject to hydrolysis) is 1. The van der Waals surface area contributed by atoms with Crippen LogP contribution in [0.3, 0.4) is 0 Å². The van der Waals surface area contributed by atoms with Gasteiger partial charge in [0, 0.05) is 24.3 Å². The second-order valence-corrected chi connectivity index (χ2v) is 19.6. The summed E-state index contributed by atoms with van der Waals surface area (Å²) in [5.74, 6) is -1.63. The van der Waals surface area contributed by atoms with E-state index in [9.17, 15) is 27.6 Å². The van der Waals surface area contributed by atoms with Gasteiger partial charge in [-0.2, -0.15) is 0 Å². The number of hydrogen-bond acceptors (Lipinski definition) is 11. The molecule has 1 aliphatic heterocycles. The van der Waals surface area contributed by atoms with Crippen LogP contribution in [0.5, 0.6) is 11.6 Å². The van der Waals surface area contributed by atoms with E-state index in [1.54, 1.807) is 46.9 Å². The normalized spacial score (nSPS) is 25.1. The number of aromatic nitrogens is 2. The number of sulfonamides is 1. The van der Waals surface area contributed by atoms with Crippen LogP contribution in [0.2, 0.25) is 0 Å². The molecule has 312 valence electrons. The van der Waals surface area contributed by atoms with Crippen molar-refractivity contribution in [3.8, 4) is 11.6 Å². The number of hydrogen-bond donors (Lipinski definition) is 3. The van der Waals surface area contributed by atoms with Gasteiger partial charge in [0.1, 0.15) is 40.8 Å². The first-order valence-electron chi connectivity index (χ1n) is 20.2. The Labute approximate surface area is 335 Å². The molecule has 2 aromatic rings. The molecule has 1 aromatic heterocycles. The van der Waals surface area contributed by atoms with Gasteiger partial charge in [-0.3, -0.25) is 19.1 Å². The number of fused-ring (bicyclic) bond motifs is 1. The van der Waals surface area contributed by atoms with E-state index in [0.717, 1.165) is 19.3 Å². The van der Waals surface area contributed by atoms with Gasteiger partial charge in [0.05, 0.1) is 29.4 Å². The Morgan fingerprint density at radius 1 is 1.09 bits per heavy atom. The zero-order valence-corrected chi connectivity index (χ0v) is 35.2. The molecular formula is C41H58N6O9S. The molecular weight excluding hydrogens is 753 g/mol. The third-order valence-electron chi connectivity index (χ3n) is 11.4. The van der Waals surface area contributed by atoms with Crippen LogP contribution in [-0.2, 0) is 29.1 Å². The Morgan fingerprint density at radius 3 is 2.42 bits per heavy atom. The highest BCUT2D eigenvalue weighted by Gasteiger charge is 2.63. The van der Waals surface area contributed by atoms with E-state index in [1.165, 1.54) is 4.90 Å². The molecule has 0 bridgehead atoms. The molecule has 3 saturated carbocycles. The highest BCUT2D eigenvalue weighted by Crippen LogP contribution is 2.48. The molecule has 3 aliphatic carbocycles. The first kappa shape index (κ1) is 42.1. The number of ether oxygens (including phenoxy) is 3. The zero-order chi connectivity index (χ0) is 41.5. The average Bonchev–Trinajstić information content (AvgIpc) is 4.08. The molecule has 0 radical (unpaired) electrons.